The molecule has 0 aliphatic carbocycles. The highest BCUT2D eigenvalue weighted by Gasteiger charge is 2.67. The minimum Gasteiger partial charge on any atom is -0.264 e. The molecule has 1 spiro atoms. The molecule has 2 aliphatic rings. The molecule has 8 heterocycles. The third kappa shape index (κ3) is 8.31. The van der Waals surface area contributed by atoms with E-state index in [9.17, 15) is 0 Å². The van der Waals surface area contributed by atoms with Crippen LogP contribution in [0.1, 0.15) is 37.8 Å². The molecule has 6 heteroatoms. The molecule has 1 unspecified atom stereocenters. The Morgan fingerprint density at radius 1 is 0.349 bits per heavy atom. The summed E-state index contributed by atoms with van der Waals surface area (Å²) in [7, 11) is 0. The van der Waals surface area contributed by atoms with Gasteiger partial charge in [-0.3, -0.25) is 19.9 Å². The zero-order valence-electron chi connectivity index (χ0n) is 46.4. The number of nitrogens with zero attached hydrogens (tertiary/aromatic N) is 6. The van der Waals surface area contributed by atoms with Gasteiger partial charge in [0, 0.05) is 103 Å². The first kappa shape index (κ1) is 49.7. The highest BCUT2D eigenvalue weighted by atomic mass is 15.1. The van der Waals surface area contributed by atoms with Crippen molar-refractivity contribution in [3.8, 4) is 112 Å². The predicted molar refractivity (Wildman–Crippen MR) is 336 cm³/mol. The van der Waals surface area contributed by atoms with E-state index in [1.807, 2.05) is 73.8 Å². The van der Waals surface area contributed by atoms with Crippen molar-refractivity contribution in [1.82, 2.24) is 19.9 Å². The molecular formula is C77H58N6+2. The second kappa shape index (κ2) is 20.4. The molecule has 7 aromatic carbocycles. The van der Waals surface area contributed by atoms with E-state index in [0.29, 0.717) is 0 Å². The summed E-state index contributed by atoms with van der Waals surface area (Å²) in [5.41, 5.74) is 24.7. The zero-order chi connectivity index (χ0) is 55.5. The molecule has 13 aromatic rings. The van der Waals surface area contributed by atoms with Gasteiger partial charge in [-0.2, -0.15) is 9.13 Å². The normalized spacial score (nSPS) is 14.6. The lowest BCUT2D eigenvalue weighted by molar-refractivity contribution is -0.786. The average Bonchev–Trinajstić information content (AvgIpc) is 0.944. The molecule has 0 fully saturated rings. The van der Waals surface area contributed by atoms with E-state index >= 15 is 0 Å². The molecular weight excluding hydrogens is 1010 g/mol. The molecule has 15 rings (SSSR count). The van der Waals surface area contributed by atoms with Crippen LogP contribution in [0.25, 0.3) is 122 Å². The number of hydrogen-bond acceptors (Lipinski definition) is 4. The molecule has 0 radical (unpaired) electrons. The van der Waals surface area contributed by atoms with E-state index in [4.69, 9.17) is 0 Å². The van der Waals surface area contributed by atoms with Crippen molar-refractivity contribution < 1.29 is 9.13 Å². The van der Waals surface area contributed by atoms with Gasteiger partial charge in [-0.1, -0.05) is 105 Å². The van der Waals surface area contributed by atoms with Gasteiger partial charge in [-0.15, -0.1) is 0 Å². The second-order valence-electron chi connectivity index (χ2n) is 22.2. The van der Waals surface area contributed by atoms with Crippen LogP contribution >= 0.6 is 0 Å². The van der Waals surface area contributed by atoms with E-state index < -0.39 is 5.41 Å². The fraction of sp³-hybridized carbons (Fsp3) is 0.0909. The van der Waals surface area contributed by atoms with E-state index in [1.165, 1.54) is 50.0 Å². The molecule has 394 valence electrons. The van der Waals surface area contributed by atoms with Crippen molar-refractivity contribution in [3.05, 3.63) is 291 Å². The number of aromatic nitrogens is 6. The molecule has 0 saturated carbocycles. The van der Waals surface area contributed by atoms with Gasteiger partial charge in [0.2, 0.25) is 11.4 Å². The van der Waals surface area contributed by atoms with Crippen molar-refractivity contribution in [2.24, 2.45) is 0 Å². The van der Waals surface area contributed by atoms with Crippen LogP contribution in [0.4, 0.5) is 0 Å². The van der Waals surface area contributed by atoms with E-state index in [2.05, 4.69) is 249 Å². The lowest BCUT2D eigenvalue weighted by Gasteiger charge is -2.50. The summed E-state index contributed by atoms with van der Waals surface area (Å²) in [6.07, 6.45) is 21.7. The van der Waals surface area contributed by atoms with Crippen LogP contribution in [-0.2, 0) is 17.5 Å². The summed E-state index contributed by atoms with van der Waals surface area (Å²) in [6, 6.07) is 81.1. The molecule has 0 bridgehead atoms. The van der Waals surface area contributed by atoms with E-state index in [-0.39, 0.29) is 5.54 Å². The van der Waals surface area contributed by atoms with Gasteiger partial charge < -0.3 is 0 Å². The van der Waals surface area contributed by atoms with Gasteiger partial charge in [-0.05, 0) is 192 Å². The maximum Gasteiger partial charge on any atom is 0.220 e. The molecule has 6 nitrogen and oxygen atoms in total. The van der Waals surface area contributed by atoms with Gasteiger partial charge in [0.1, 0.15) is 5.41 Å². The topological polar surface area (TPSA) is 59.3 Å². The molecule has 6 aromatic heterocycles. The number of pyridine rings is 6. The summed E-state index contributed by atoms with van der Waals surface area (Å²) in [4.78, 5) is 18.2. The van der Waals surface area contributed by atoms with E-state index in [0.717, 1.165) is 103 Å². The average molecular weight is 1070 g/mol. The second-order valence-corrected chi connectivity index (χ2v) is 22.2. The fourth-order valence-corrected chi connectivity index (χ4v) is 14.1. The Balaban J connectivity index is 0.922. The molecule has 0 N–H and O–H groups in total. The third-order valence-corrected chi connectivity index (χ3v) is 18.0. The maximum atomic E-state index is 4.55. The molecule has 0 amide bonds. The summed E-state index contributed by atoms with van der Waals surface area (Å²) in [6.45, 7) is 5.62. The van der Waals surface area contributed by atoms with Gasteiger partial charge in [0.15, 0.2) is 24.5 Å². The number of hydrogen-bond donors (Lipinski definition) is 0. The van der Waals surface area contributed by atoms with Crippen molar-refractivity contribution in [1.29, 1.82) is 0 Å². The van der Waals surface area contributed by atoms with Gasteiger partial charge in [-0.25, -0.2) is 0 Å². The van der Waals surface area contributed by atoms with Gasteiger partial charge in [0.05, 0.1) is 16.5 Å². The summed E-state index contributed by atoms with van der Waals surface area (Å²) in [5.74, 6) is 0. The van der Waals surface area contributed by atoms with Crippen LogP contribution in [0.2, 0.25) is 0 Å². The van der Waals surface area contributed by atoms with Crippen molar-refractivity contribution >= 4 is 10.8 Å². The van der Waals surface area contributed by atoms with Crippen molar-refractivity contribution in [2.45, 2.75) is 44.2 Å². The van der Waals surface area contributed by atoms with Gasteiger partial charge >= 0.3 is 0 Å². The number of fused-ring (bicyclic) bond motifs is 10. The fourth-order valence-electron chi connectivity index (χ4n) is 14.1. The lowest BCUT2D eigenvalue weighted by atomic mass is 9.54. The first-order chi connectivity index (χ1) is 41.0. The highest BCUT2D eigenvalue weighted by molar-refractivity contribution is 5.95. The Labute approximate surface area is 484 Å². The summed E-state index contributed by atoms with van der Waals surface area (Å²) < 4.78 is 5.21. The molecule has 83 heavy (non-hydrogen) atoms. The standard InChI is InChI=1S/C77H58N6/c1-3-76(4-2)77(51-82-35-29-52-16-5-6-23-69(52)75(82)70-24-7-8-25-72(70)77)73-28-27-55(46-71(73)74-26-9-10-34-83(74)76)53-17-11-18-54(36-53)60-37-65(67-41-61(56-19-12-30-78-47-56)39-62(42-67)57-20-13-31-79-48-57)45-66(38-60)68-43-63(58-21-14-32-80-49-58)40-64(44-68)59-22-15-33-81-50-59/h5-50H,3-4,51H2,1-2H3/q+2. The minimum atomic E-state index is -0.394. The van der Waals surface area contributed by atoms with Gasteiger partial charge in [0.25, 0.3) is 0 Å². The third-order valence-electron chi connectivity index (χ3n) is 18.0. The number of rotatable bonds is 10. The Bertz CT molecular complexity index is 4350. The maximum absolute atomic E-state index is 4.55. The minimum absolute atomic E-state index is 0.264. The molecule has 2 aliphatic heterocycles. The van der Waals surface area contributed by atoms with Crippen LogP contribution in [0.15, 0.2) is 280 Å². The smallest absolute Gasteiger partial charge is 0.220 e. The Morgan fingerprint density at radius 2 is 0.783 bits per heavy atom. The SMILES string of the molecule is CCC1(CC)[n+]2ccccc2-c2cc(-c3cccc(-c4cc(-c5cc(-c6cccnc6)cc(-c6cccnc6)c5)cc(-c5cc(-c6cccnc6)cc(-c6cccnc6)c5)c4)c3)ccc2C12C[n+]1ccc3ccccc3c1-c1ccccc12. The Hall–Kier alpha value is -10.3. The zero-order valence-corrected chi connectivity index (χ0v) is 46.4. The highest BCUT2D eigenvalue weighted by Crippen LogP contribution is 2.57. The largest absolute Gasteiger partial charge is 0.264 e. The van der Waals surface area contributed by atoms with Crippen LogP contribution in [0, 0.1) is 0 Å². The van der Waals surface area contributed by atoms with Crippen LogP contribution in [-0.4, -0.2) is 19.9 Å². The molecule has 1 atom stereocenters. The van der Waals surface area contributed by atoms with Crippen LogP contribution in [0.3, 0.4) is 0 Å². The number of benzene rings is 7. The van der Waals surface area contributed by atoms with Crippen molar-refractivity contribution in [3.63, 3.8) is 0 Å². The summed E-state index contributed by atoms with van der Waals surface area (Å²) in [5, 5.41) is 2.55. The van der Waals surface area contributed by atoms with Crippen LogP contribution in [0.5, 0.6) is 0 Å². The Kier molecular flexibility index (Phi) is 12.2. The molecule has 0 saturated heterocycles. The first-order valence-electron chi connectivity index (χ1n) is 28.8. The first-order valence-corrected chi connectivity index (χ1v) is 28.8. The summed E-state index contributed by atoms with van der Waals surface area (Å²) >= 11 is 0. The van der Waals surface area contributed by atoms with Crippen LogP contribution < -0.4 is 9.13 Å². The quantitative estimate of drug-likeness (QED) is 0.128. The Morgan fingerprint density at radius 3 is 1.31 bits per heavy atom. The van der Waals surface area contributed by atoms with Crippen molar-refractivity contribution in [2.75, 3.05) is 0 Å². The predicted octanol–water partition coefficient (Wildman–Crippen LogP) is 17.5. The monoisotopic (exact) mass is 1070 g/mol. The lowest BCUT2D eigenvalue weighted by Crippen LogP contribution is -2.74. The van der Waals surface area contributed by atoms with E-state index in [1.54, 1.807) is 0 Å².